The van der Waals surface area contributed by atoms with E-state index < -0.39 is 11.7 Å². The van der Waals surface area contributed by atoms with E-state index >= 15 is 0 Å². The zero-order valence-electron chi connectivity index (χ0n) is 19.1. The fraction of sp³-hybridized carbons (Fsp3) is 0.231. The topological polar surface area (TPSA) is 102 Å². The predicted molar refractivity (Wildman–Crippen MR) is 126 cm³/mol. The number of ether oxygens (including phenoxy) is 2. The molecule has 0 bridgehead atoms. The first-order valence-electron chi connectivity index (χ1n) is 11.2. The van der Waals surface area contributed by atoms with Crippen molar-refractivity contribution in [3.63, 3.8) is 0 Å². The number of nitrogens with zero attached hydrogens (tertiary/aromatic N) is 3. The molecule has 178 valence electrons. The van der Waals surface area contributed by atoms with Crippen LogP contribution in [-0.2, 0) is 20.8 Å². The Morgan fingerprint density at radius 3 is 2.49 bits per heavy atom. The number of carbonyl (C=O) groups excluding carboxylic acids is 1. The van der Waals surface area contributed by atoms with Crippen LogP contribution in [0.25, 0.3) is 22.5 Å². The molecule has 5 rings (SSSR count). The van der Waals surface area contributed by atoms with Crippen molar-refractivity contribution >= 4 is 5.91 Å². The van der Waals surface area contributed by atoms with Gasteiger partial charge in [0, 0.05) is 29.7 Å². The summed E-state index contributed by atoms with van der Waals surface area (Å²) in [4.78, 5) is 29.1. The molecule has 0 radical (unpaired) electrons. The third-order valence-corrected chi connectivity index (χ3v) is 5.84. The van der Waals surface area contributed by atoms with Gasteiger partial charge in [-0.05, 0) is 55.5 Å². The zero-order chi connectivity index (χ0) is 24.3. The van der Waals surface area contributed by atoms with Crippen LogP contribution in [0.2, 0.25) is 0 Å². The Labute approximate surface area is 201 Å². The van der Waals surface area contributed by atoms with Crippen molar-refractivity contribution in [1.82, 2.24) is 25.3 Å². The Balaban J connectivity index is 1.33. The van der Waals surface area contributed by atoms with Gasteiger partial charge >= 0.3 is 0 Å². The molecule has 4 heterocycles. The fourth-order valence-corrected chi connectivity index (χ4v) is 3.83. The normalized spacial score (nSPS) is 19.9. The Morgan fingerprint density at radius 1 is 1.06 bits per heavy atom. The third kappa shape index (κ3) is 4.96. The van der Waals surface area contributed by atoms with Gasteiger partial charge in [-0.25, -0.2) is 9.37 Å². The molecule has 0 unspecified atom stereocenters. The highest BCUT2D eigenvalue weighted by Gasteiger charge is 2.40. The second-order valence-corrected chi connectivity index (χ2v) is 8.61. The van der Waals surface area contributed by atoms with Crippen LogP contribution < -0.4 is 5.32 Å². The van der Waals surface area contributed by atoms with Gasteiger partial charge in [-0.2, -0.15) is 0 Å². The molecule has 1 aromatic carbocycles. The first-order chi connectivity index (χ1) is 17.0. The van der Waals surface area contributed by atoms with E-state index in [-0.39, 0.29) is 24.9 Å². The summed E-state index contributed by atoms with van der Waals surface area (Å²) in [6.07, 6.45) is 4.28. The van der Waals surface area contributed by atoms with Crippen LogP contribution in [0.1, 0.15) is 24.7 Å². The molecule has 1 amide bonds. The largest absolute Gasteiger partial charge is 0.350 e. The average molecular weight is 474 g/mol. The second kappa shape index (κ2) is 9.73. The Hall–Kier alpha value is -3.95. The number of hydrogen-bond acceptors (Lipinski definition) is 6. The second-order valence-electron chi connectivity index (χ2n) is 8.61. The van der Waals surface area contributed by atoms with Crippen LogP contribution in [0.15, 0.2) is 73.2 Å². The van der Waals surface area contributed by atoms with Crippen LogP contribution in [0.5, 0.6) is 0 Å². The number of pyridine rings is 2. The summed E-state index contributed by atoms with van der Waals surface area (Å²) >= 11 is 0. The molecule has 9 heteroatoms. The molecule has 1 aliphatic rings. The quantitative estimate of drug-likeness (QED) is 0.438. The van der Waals surface area contributed by atoms with Gasteiger partial charge in [-0.1, -0.05) is 6.07 Å². The van der Waals surface area contributed by atoms with E-state index in [1.54, 1.807) is 37.6 Å². The van der Waals surface area contributed by atoms with Crippen LogP contribution in [-0.4, -0.2) is 39.1 Å². The zero-order valence-corrected chi connectivity index (χ0v) is 19.1. The summed E-state index contributed by atoms with van der Waals surface area (Å²) in [5.41, 5.74) is 2.91. The minimum Gasteiger partial charge on any atom is -0.350 e. The number of rotatable bonds is 6. The minimum atomic E-state index is -0.856. The molecule has 3 aromatic heterocycles. The molecular weight excluding hydrogens is 449 g/mol. The van der Waals surface area contributed by atoms with E-state index in [4.69, 9.17) is 14.5 Å². The standard InChI is InChI=1S/C26H24FN5O3/c1-26(25(33)30-14-20-4-2-3-11-29-20)15-34-24(35-16-26)23-31-21(17-5-7-19(27)8-6-17)22(32-23)18-9-12-28-13-10-18/h2-13,24H,14-16H2,1H3,(H,30,33)(H,31,32). The summed E-state index contributed by atoms with van der Waals surface area (Å²) in [5.74, 6) is -0.0351. The smallest absolute Gasteiger partial charge is 0.230 e. The van der Waals surface area contributed by atoms with E-state index in [0.29, 0.717) is 18.1 Å². The Morgan fingerprint density at radius 2 is 1.80 bits per heavy atom. The first-order valence-corrected chi connectivity index (χ1v) is 11.2. The highest BCUT2D eigenvalue weighted by molar-refractivity contribution is 5.82. The maximum absolute atomic E-state index is 13.5. The highest BCUT2D eigenvalue weighted by Crippen LogP contribution is 2.35. The summed E-state index contributed by atoms with van der Waals surface area (Å²) < 4.78 is 25.4. The number of halogens is 1. The van der Waals surface area contributed by atoms with E-state index in [2.05, 4.69) is 20.3 Å². The Bertz CT molecular complexity index is 1290. The number of aromatic amines is 1. The molecule has 1 aliphatic heterocycles. The van der Waals surface area contributed by atoms with Gasteiger partial charge in [0.25, 0.3) is 0 Å². The summed E-state index contributed by atoms with van der Waals surface area (Å²) in [6.45, 7) is 2.43. The summed E-state index contributed by atoms with van der Waals surface area (Å²) in [5, 5.41) is 2.90. The Kier molecular flexibility index (Phi) is 6.35. The number of aromatic nitrogens is 4. The molecule has 1 fully saturated rings. The van der Waals surface area contributed by atoms with Crippen molar-refractivity contribution in [2.75, 3.05) is 13.2 Å². The van der Waals surface area contributed by atoms with Gasteiger partial charge in [0.1, 0.15) is 5.82 Å². The SMILES string of the molecule is CC1(C(=O)NCc2ccccn2)COC(c2nc(-c3ccc(F)cc3)c(-c3ccncc3)[nH]2)OC1. The van der Waals surface area contributed by atoms with Gasteiger partial charge in [0.15, 0.2) is 5.82 Å². The van der Waals surface area contributed by atoms with Gasteiger partial charge in [-0.15, -0.1) is 0 Å². The summed E-state index contributed by atoms with van der Waals surface area (Å²) in [7, 11) is 0. The molecule has 0 spiro atoms. The predicted octanol–water partition coefficient (Wildman–Crippen LogP) is 4.04. The van der Waals surface area contributed by atoms with Gasteiger partial charge in [0.2, 0.25) is 12.2 Å². The number of nitrogens with one attached hydrogen (secondary N) is 2. The number of imidazole rings is 1. The van der Waals surface area contributed by atoms with E-state index in [0.717, 1.165) is 22.5 Å². The monoisotopic (exact) mass is 473 g/mol. The first kappa shape index (κ1) is 22.8. The number of amides is 1. The molecule has 0 aliphatic carbocycles. The number of H-pyrrole nitrogens is 1. The van der Waals surface area contributed by atoms with Crippen LogP contribution >= 0.6 is 0 Å². The van der Waals surface area contributed by atoms with Crippen LogP contribution in [0.4, 0.5) is 4.39 Å². The molecule has 2 N–H and O–H groups in total. The summed E-state index contributed by atoms with van der Waals surface area (Å²) in [6, 6.07) is 15.4. The third-order valence-electron chi connectivity index (χ3n) is 5.84. The lowest BCUT2D eigenvalue weighted by atomic mass is 9.91. The van der Waals surface area contributed by atoms with Crippen LogP contribution in [0, 0.1) is 11.2 Å². The number of hydrogen-bond donors (Lipinski definition) is 2. The van der Waals surface area contributed by atoms with Crippen molar-refractivity contribution in [1.29, 1.82) is 0 Å². The van der Waals surface area contributed by atoms with Gasteiger partial charge in [0.05, 0.1) is 42.3 Å². The molecular formula is C26H24FN5O3. The van der Waals surface area contributed by atoms with Gasteiger partial charge < -0.3 is 19.8 Å². The molecule has 35 heavy (non-hydrogen) atoms. The lowest BCUT2D eigenvalue weighted by Crippen LogP contribution is -2.48. The van der Waals surface area contributed by atoms with Crippen molar-refractivity contribution in [2.45, 2.75) is 19.8 Å². The molecule has 0 saturated carbocycles. The van der Waals surface area contributed by atoms with E-state index in [9.17, 15) is 9.18 Å². The number of carbonyl (C=O) groups is 1. The molecule has 1 saturated heterocycles. The minimum absolute atomic E-state index is 0.156. The van der Waals surface area contributed by atoms with Gasteiger partial charge in [-0.3, -0.25) is 14.8 Å². The number of benzene rings is 1. The van der Waals surface area contributed by atoms with Crippen molar-refractivity contribution < 1.29 is 18.7 Å². The van der Waals surface area contributed by atoms with Crippen molar-refractivity contribution in [3.8, 4) is 22.5 Å². The molecule has 4 aromatic rings. The lowest BCUT2D eigenvalue weighted by molar-refractivity contribution is -0.231. The molecule has 0 atom stereocenters. The van der Waals surface area contributed by atoms with Crippen molar-refractivity contribution in [3.05, 3.63) is 90.5 Å². The highest BCUT2D eigenvalue weighted by atomic mass is 19.1. The van der Waals surface area contributed by atoms with Crippen LogP contribution in [0.3, 0.4) is 0 Å². The maximum Gasteiger partial charge on any atom is 0.230 e. The fourth-order valence-electron chi connectivity index (χ4n) is 3.83. The van der Waals surface area contributed by atoms with E-state index in [1.807, 2.05) is 30.3 Å². The maximum atomic E-state index is 13.5. The lowest BCUT2D eigenvalue weighted by Gasteiger charge is -2.35. The average Bonchev–Trinajstić information content (AvgIpc) is 3.35. The molecule has 8 nitrogen and oxygen atoms in total. The van der Waals surface area contributed by atoms with Crippen molar-refractivity contribution in [2.24, 2.45) is 5.41 Å². The van der Waals surface area contributed by atoms with E-state index in [1.165, 1.54) is 12.1 Å².